The number of allylic oxidation sites excluding steroid dienone is 2. The molecule has 276 valence electrons. The molecule has 0 N–H and O–H groups in total. The molecule has 0 aromatic heterocycles. The fourth-order valence-corrected chi connectivity index (χ4v) is 5.58. The average Bonchev–Trinajstić information content (AvgIpc) is 3.01. The number of quaternary nitrogens is 1. The third kappa shape index (κ3) is 29.9. The molecule has 8 nitrogen and oxygen atoms in total. The van der Waals surface area contributed by atoms with Crippen LogP contribution >= 0.6 is 0 Å². The Balaban J connectivity index is 4.41. The molecule has 0 rings (SSSR count). The van der Waals surface area contributed by atoms with E-state index >= 15 is 0 Å². The van der Waals surface area contributed by atoms with Crippen LogP contribution in [-0.4, -0.2) is 75.5 Å². The Kier molecular flexibility index (Phi) is 30.1. The second-order valence-corrected chi connectivity index (χ2v) is 14.2. The van der Waals surface area contributed by atoms with Crippen molar-refractivity contribution in [3.63, 3.8) is 0 Å². The van der Waals surface area contributed by atoms with Crippen molar-refractivity contribution in [1.29, 1.82) is 0 Å². The van der Waals surface area contributed by atoms with Gasteiger partial charge in [-0.2, -0.15) is 0 Å². The molecule has 0 aromatic rings. The first-order valence-electron chi connectivity index (χ1n) is 19.2. The van der Waals surface area contributed by atoms with Gasteiger partial charge in [0.15, 0.2) is 6.10 Å². The first kappa shape index (κ1) is 45.1. The second kappa shape index (κ2) is 31.3. The number of nitrogens with zero attached hydrogens (tertiary/aromatic N) is 1. The van der Waals surface area contributed by atoms with Crippen molar-refractivity contribution in [3.8, 4) is 0 Å². The van der Waals surface area contributed by atoms with Crippen molar-refractivity contribution in [2.75, 3.05) is 41.0 Å². The van der Waals surface area contributed by atoms with Crippen molar-refractivity contribution < 1.29 is 38.2 Å². The molecule has 0 saturated carbocycles. The van der Waals surface area contributed by atoms with Crippen LogP contribution in [0, 0.1) is 0 Å². The smallest absolute Gasteiger partial charge is 0.306 e. The van der Waals surface area contributed by atoms with Gasteiger partial charge in [-0.05, 0) is 32.1 Å². The van der Waals surface area contributed by atoms with Crippen LogP contribution in [0.15, 0.2) is 12.2 Å². The molecule has 0 fully saturated rings. The van der Waals surface area contributed by atoms with Gasteiger partial charge in [0.1, 0.15) is 12.6 Å². The summed E-state index contributed by atoms with van der Waals surface area (Å²) in [6.45, 7) is 4.60. The lowest BCUT2D eigenvalue weighted by Gasteiger charge is -2.34. The fourth-order valence-electron chi connectivity index (χ4n) is 5.58. The van der Waals surface area contributed by atoms with Crippen LogP contribution in [0.3, 0.4) is 0 Å². The van der Waals surface area contributed by atoms with E-state index in [1.807, 2.05) is 0 Å². The first-order chi connectivity index (χ1) is 22.6. The molecule has 47 heavy (non-hydrogen) atoms. The van der Waals surface area contributed by atoms with Gasteiger partial charge in [0.05, 0.1) is 40.3 Å². The second-order valence-electron chi connectivity index (χ2n) is 14.2. The van der Waals surface area contributed by atoms with Crippen LogP contribution in [-0.2, 0) is 28.6 Å². The molecule has 0 aliphatic carbocycles. The third-order valence-corrected chi connectivity index (χ3v) is 8.65. The van der Waals surface area contributed by atoms with E-state index in [9.17, 15) is 19.5 Å². The van der Waals surface area contributed by atoms with E-state index in [0.29, 0.717) is 12.8 Å². The zero-order valence-electron chi connectivity index (χ0n) is 31.2. The van der Waals surface area contributed by atoms with Gasteiger partial charge >= 0.3 is 11.9 Å². The van der Waals surface area contributed by atoms with E-state index < -0.39 is 18.1 Å². The number of aliphatic carboxylic acids is 1. The predicted molar refractivity (Wildman–Crippen MR) is 190 cm³/mol. The number of hydrogen-bond donors (Lipinski definition) is 0. The monoisotopic (exact) mass is 668 g/mol. The number of ether oxygens (including phenoxy) is 3. The topological polar surface area (TPSA) is 102 Å². The van der Waals surface area contributed by atoms with E-state index in [1.165, 1.54) is 77.0 Å². The maximum Gasteiger partial charge on any atom is 0.306 e. The number of esters is 2. The molecule has 2 unspecified atom stereocenters. The number of rotatable bonds is 34. The van der Waals surface area contributed by atoms with E-state index in [1.54, 1.807) is 21.1 Å². The molecule has 0 heterocycles. The van der Waals surface area contributed by atoms with Crippen LogP contribution < -0.4 is 5.11 Å². The van der Waals surface area contributed by atoms with Crippen molar-refractivity contribution in [3.05, 3.63) is 12.2 Å². The molecule has 2 atom stereocenters. The summed E-state index contributed by atoms with van der Waals surface area (Å²) in [5.41, 5.74) is 0. The fraction of sp³-hybridized carbons (Fsp3) is 0.872. The average molecular weight is 668 g/mol. The summed E-state index contributed by atoms with van der Waals surface area (Å²) in [7, 11) is 5.39. The molecular weight excluding hydrogens is 594 g/mol. The molecule has 0 bridgehead atoms. The molecule has 8 heteroatoms. The first-order valence-corrected chi connectivity index (χ1v) is 19.2. The Labute approximate surface area is 289 Å². The summed E-state index contributed by atoms with van der Waals surface area (Å²) in [5.74, 6) is -1.75. The highest BCUT2D eigenvalue weighted by Gasteiger charge is 2.25. The number of carboxylic acid groups (broad SMARTS) is 1. The van der Waals surface area contributed by atoms with Gasteiger partial charge in [0.2, 0.25) is 0 Å². The number of carbonyl (C=O) groups is 3. The molecule has 0 aromatic carbocycles. The quantitative estimate of drug-likeness (QED) is 0.0295. The molecule has 0 radical (unpaired) electrons. The Morgan fingerprint density at radius 3 is 1.60 bits per heavy atom. The van der Waals surface area contributed by atoms with Gasteiger partial charge in [0.25, 0.3) is 0 Å². The van der Waals surface area contributed by atoms with Gasteiger partial charge in [0, 0.05) is 19.3 Å². The van der Waals surface area contributed by atoms with Gasteiger partial charge in [-0.3, -0.25) is 9.59 Å². The van der Waals surface area contributed by atoms with Crippen LogP contribution in [0.2, 0.25) is 0 Å². The number of likely N-dealkylation sites (N-methyl/N-ethyl adjacent to an activating group) is 1. The van der Waals surface area contributed by atoms with Crippen LogP contribution in [0.4, 0.5) is 0 Å². The van der Waals surface area contributed by atoms with Gasteiger partial charge < -0.3 is 28.6 Å². The van der Waals surface area contributed by atoms with Gasteiger partial charge in [-0.1, -0.05) is 129 Å². The van der Waals surface area contributed by atoms with Gasteiger partial charge in [-0.25, -0.2) is 0 Å². The van der Waals surface area contributed by atoms with Crippen molar-refractivity contribution in [1.82, 2.24) is 0 Å². The normalized spacial score (nSPS) is 13.1. The highest BCUT2D eigenvalue weighted by atomic mass is 16.6. The summed E-state index contributed by atoms with van der Waals surface area (Å²) < 4.78 is 17.1. The van der Waals surface area contributed by atoms with Crippen molar-refractivity contribution in [2.45, 2.75) is 180 Å². The summed E-state index contributed by atoms with van der Waals surface area (Å²) >= 11 is 0. The molecular formula is C39H73NO7. The Bertz CT molecular complexity index is 793. The maximum atomic E-state index is 12.6. The number of unbranched alkanes of at least 4 members (excludes halogenated alkanes) is 18. The standard InChI is InChI=1S/C39H73NO7/c1-6-8-10-12-14-16-18-19-20-22-24-26-28-30-38(42)47-35(33-45-32-31-36(39(43)44)40(3,4)5)34-46-37(41)29-27-25-23-21-17-15-13-11-9-7-2/h13,15,35-36H,6-12,14,16-34H2,1-5H3/b15-13+. The van der Waals surface area contributed by atoms with E-state index in [-0.39, 0.29) is 42.7 Å². The Hall–Kier alpha value is -1.93. The lowest BCUT2D eigenvalue weighted by atomic mass is 10.0. The molecule has 0 aliphatic heterocycles. The van der Waals surface area contributed by atoms with Crippen LogP contribution in [0.5, 0.6) is 0 Å². The number of carboxylic acids is 1. The lowest BCUT2D eigenvalue weighted by Crippen LogP contribution is -2.55. The molecule has 0 amide bonds. The summed E-state index contributed by atoms with van der Waals surface area (Å²) in [4.78, 5) is 36.6. The van der Waals surface area contributed by atoms with Crippen LogP contribution in [0.1, 0.15) is 168 Å². The Morgan fingerprint density at radius 2 is 1.09 bits per heavy atom. The minimum atomic E-state index is -1.13. The Morgan fingerprint density at radius 1 is 0.617 bits per heavy atom. The predicted octanol–water partition coefficient (Wildman–Crippen LogP) is 8.24. The highest BCUT2D eigenvalue weighted by molar-refractivity contribution is 5.70. The van der Waals surface area contributed by atoms with Crippen LogP contribution in [0.25, 0.3) is 0 Å². The highest BCUT2D eigenvalue weighted by Crippen LogP contribution is 2.14. The minimum absolute atomic E-state index is 0.0420. The zero-order valence-corrected chi connectivity index (χ0v) is 31.2. The summed E-state index contributed by atoms with van der Waals surface area (Å²) in [6, 6.07) is -0.721. The van der Waals surface area contributed by atoms with E-state index in [4.69, 9.17) is 14.2 Å². The van der Waals surface area contributed by atoms with Crippen molar-refractivity contribution >= 4 is 17.9 Å². The number of hydrogen-bond acceptors (Lipinski definition) is 7. The number of carbonyl (C=O) groups excluding carboxylic acids is 3. The largest absolute Gasteiger partial charge is 0.544 e. The minimum Gasteiger partial charge on any atom is -0.544 e. The van der Waals surface area contributed by atoms with E-state index in [2.05, 4.69) is 26.0 Å². The maximum absolute atomic E-state index is 12.6. The summed E-state index contributed by atoms with van der Waals surface area (Å²) in [6.07, 6.45) is 29.5. The molecule has 0 aliphatic rings. The zero-order chi connectivity index (χ0) is 35.0. The molecule has 0 spiro atoms. The molecule has 0 saturated heterocycles. The van der Waals surface area contributed by atoms with Gasteiger partial charge in [-0.15, -0.1) is 0 Å². The van der Waals surface area contributed by atoms with Crippen molar-refractivity contribution in [2.24, 2.45) is 0 Å². The summed E-state index contributed by atoms with van der Waals surface area (Å²) in [5, 5.41) is 11.6. The lowest BCUT2D eigenvalue weighted by molar-refractivity contribution is -0.889. The SMILES string of the molecule is CCCC/C=C/CCCCCCC(=O)OCC(COCCC(C(=O)[O-])[N+](C)(C)C)OC(=O)CCCCCCCCCCCCCCC. The van der Waals surface area contributed by atoms with E-state index in [0.717, 1.165) is 57.8 Å². The third-order valence-electron chi connectivity index (χ3n) is 8.65.